The summed E-state index contributed by atoms with van der Waals surface area (Å²) in [4.78, 5) is 12.4. The molecule has 0 aromatic heterocycles. The highest BCUT2D eigenvalue weighted by molar-refractivity contribution is 5.81. The molecule has 3 rings (SSSR count). The third-order valence-corrected chi connectivity index (χ3v) is 4.91. The molecule has 2 aromatic carbocycles. The zero-order valence-electron chi connectivity index (χ0n) is 16.5. The third-order valence-electron chi connectivity index (χ3n) is 4.91. The molecule has 2 atom stereocenters. The van der Waals surface area contributed by atoms with Crippen molar-refractivity contribution in [3.63, 3.8) is 0 Å². The van der Waals surface area contributed by atoms with Gasteiger partial charge in [0.1, 0.15) is 18.1 Å². The quantitative estimate of drug-likeness (QED) is 0.797. The van der Waals surface area contributed by atoms with E-state index in [-0.39, 0.29) is 11.9 Å². The summed E-state index contributed by atoms with van der Waals surface area (Å²) in [5, 5.41) is 2.95. The van der Waals surface area contributed by atoms with Gasteiger partial charge >= 0.3 is 0 Å². The normalized spacial score (nSPS) is 15.4. The second-order valence-corrected chi connectivity index (χ2v) is 7.43. The van der Waals surface area contributed by atoms with Crippen LogP contribution < -0.4 is 14.8 Å². The minimum atomic E-state index is -0.548. The van der Waals surface area contributed by atoms with Crippen molar-refractivity contribution in [1.82, 2.24) is 5.32 Å². The molecule has 4 nitrogen and oxygen atoms in total. The van der Waals surface area contributed by atoms with Crippen molar-refractivity contribution >= 4 is 5.91 Å². The molecule has 0 spiro atoms. The number of carbonyl (C=O) groups excluding carboxylic acids is 1. The largest absolute Gasteiger partial charge is 0.491 e. The summed E-state index contributed by atoms with van der Waals surface area (Å²) in [6.45, 7) is 6.16. The van der Waals surface area contributed by atoms with E-state index in [4.69, 9.17) is 9.47 Å². The van der Waals surface area contributed by atoms with Crippen LogP contribution in [-0.4, -0.2) is 24.7 Å². The number of benzene rings is 2. The SMILES string of the molecule is Cc1ccc(OC[C@H](C)NC(=O)[C@@H](C)Oc2ccc3c(c2)CCCC3)cc1. The van der Waals surface area contributed by atoms with E-state index in [2.05, 4.69) is 17.4 Å². The molecule has 1 N–H and O–H groups in total. The molecular weight excluding hydrogens is 338 g/mol. The number of ether oxygens (including phenoxy) is 2. The molecule has 0 unspecified atom stereocenters. The fourth-order valence-electron chi connectivity index (χ4n) is 3.30. The van der Waals surface area contributed by atoms with Gasteiger partial charge in [-0.2, -0.15) is 0 Å². The molecule has 0 saturated carbocycles. The van der Waals surface area contributed by atoms with Gasteiger partial charge in [0.2, 0.25) is 0 Å². The van der Waals surface area contributed by atoms with Gasteiger partial charge in [0, 0.05) is 0 Å². The summed E-state index contributed by atoms with van der Waals surface area (Å²) in [6, 6.07) is 14.0. The summed E-state index contributed by atoms with van der Waals surface area (Å²) in [7, 11) is 0. The van der Waals surface area contributed by atoms with Gasteiger partial charge in [-0.1, -0.05) is 23.8 Å². The minimum Gasteiger partial charge on any atom is -0.491 e. The predicted octanol–water partition coefficient (Wildman–Crippen LogP) is 4.22. The lowest BCUT2D eigenvalue weighted by Gasteiger charge is -2.21. The van der Waals surface area contributed by atoms with Gasteiger partial charge in [0.15, 0.2) is 6.10 Å². The van der Waals surface area contributed by atoms with Crippen LogP contribution in [0.25, 0.3) is 0 Å². The first kappa shape index (κ1) is 19.3. The fourth-order valence-corrected chi connectivity index (χ4v) is 3.30. The Kier molecular flexibility index (Phi) is 6.38. The van der Waals surface area contributed by atoms with E-state index < -0.39 is 6.10 Å². The van der Waals surface area contributed by atoms with Crippen LogP contribution >= 0.6 is 0 Å². The molecule has 2 aromatic rings. The standard InChI is InChI=1S/C23H29NO3/c1-16-8-11-21(12-9-16)26-15-17(2)24-23(25)18(3)27-22-13-10-19-6-4-5-7-20(19)14-22/h8-14,17-18H,4-7,15H2,1-3H3,(H,24,25)/t17-,18+/m0/s1. The van der Waals surface area contributed by atoms with Crippen molar-refractivity contribution in [2.45, 2.75) is 58.6 Å². The molecule has 0 radical (unpaired) electrons. The summed E-state index contributed by atoms with van der Waals surface area (Å²) >= 11 is 0. The topological polar surface area (TPSA) is 47.6 Å². The zero-order valence-corrected chi connectivity index (χ0v) is 16.5. The Morgan fingerprint density at radius 2 is 1.67 bits per heavy atom. The van der Waals surface area contributed by atoms with Crippen LogP contribution in [0, 0.1) is 6.92 Å². The number of nitrogens with one attached hydrogen (secondary N) is 1. The maximum Gasteiger partial charge on any atom is 0.261 e. The first-order valence-electron chi connectivity index (χ1n) is 9.79. The second-order valence-electron chi connectivity index (χ2n) is 7.43. The van der Waals surface area contributed by atoms with Crippen LogP contribution in [0.3, 0.4) is 0 Å². The first-order chi connectivity index (χ1) is 13.0. The van der Waals surface area contributed by atoms with Crippen molar-refractivity contribution in [2.75, 3.05) is 6.61 Å². The predicted molar refractivity (Wildman–Crippen MR) is 107 cm³/mol. The van der Waals surface area contributed by atoms with Gasteiger partial charge in [-0.3, -0.25) is 4.79 Å². The highest BCUT2D eigenvalue weighted by Crippen LogP contribution is 2.25. The molecular formula is C23H29NO3. The molecule has 27 heavy (non-hydrogen) atoms. The van der Waals surface area contributed by atoms with E-state index >= 15 is 0 Å². The second kappa shape index (κ2) is 8.94. The summed E-state index contributed by atoms with van der Waals surface area (Å²) < 4.78 is 11.6. The molecule has 0 fully saturated rings. The van der Waals surface area contributed by atoms with E-state index in [0.717, 1.165) is 24.3 Å². The lowest BCUT2D eigenvalue weighted by Crippen LogP contribution is -2.43. The van der Waals surface area contributed by atoms with Gasteiger partial charge < -0.3 is 14.8 Å². The highest BCUT2D eigenvalue weighted by atomic mass is 16.5. The van der Waals surface area contributed by atoms with E-state index in [0.29, 0.717) is 6.61 Å². The van der Waals surface area contributed by atoms with Crippen molar-refractivity contribution in [2.24, 2.45) is 0 Å². The van der Waals surface area contributed by atoms with Crippen LogP contribution in [0.15, 0.2) is 42.5 Å². The van der Waals surface area contributed by atoms with Crippen LogP contribution in [0.1, 0.15) is 43.4 Å². The van der Waals surface area contributed by atoms with Crippen LogP contribution in [-0.2, 0) is 17.6 Å². The van der Waals surface area contributed by atoms with E-state index in [9.17, 15) is 4.79 Å². The lowest BCUT2D eigenvalue weighted by molar-refractivity contribution is -0.128. The van der Waals surface area contributed by atoms with Crippen LogP contribution in [0.5, 0.6) is 11.5 Å². The molecule has 1 aliphatic carbocycles. The summed E-state index contributed by atoms with van der Waals surface area (Å²) in [5.74, 6) is 1.44. The molecule has 144 valence electrons. The Morgan fingerprint density at radius 1 is 1.00 bits per heavy atom. The number of rotatable bonds is 7. The number of fused-ring (bicyclic) bond motifs is 1. The van der Waals surface area contributed by atoms with Crippen LogP contribution in [0.4, 0.5) is 0 Å². The monoisotopic (exact) mass is 367 g/mol. The number of carbonyl (C=O) groups is 1. The van der Waals surface area contributed by atoms with Gasteiger partial charge in [-0.25, -0.2) is 0 Å². The van der Waals surface area contributed by atoms with Crippen molar-refractivity contribution < 1.29 is 14.3 Å². The maximum atomic E-state index is 12.4. The maximum absolute atomic E-state index is 12.4. The number of hydrogen-bond acceptors (Lipinski definition) is 3. The molecule has 1 aliphatic rings. The van der Waals surface area contributed by atoms with E-state index in [1.807, 2.05) is 44.2 Å². The van der Waals surface area contributed by atoms with E-state index in [1.54, 1.807) is 6.92 Å². The highest BCUT2D eigenvalue weighted by Gasteiger charge is 2.18. The zero-order chi connectivity index (χ0) is 19.2. The molecule has 4 heteroatoms. The van der Waals surface area contributed by atoms with Crippen molar-refractivity contribution in [3.8, 4) is 11.5 Å². The fraction of sp³-hybridized carbons (Fsp3) is 0.435. The average molecular weight is 367 g/mol. The average Bonchev–Trinajstić information content (AvgIpc) is 2.67. The smallest absolute Gasteiger partial charge is 0.261 e. The first-order valence-corrected chi connectivity index (χ1v) is 9.79. The Bertz CT molecular complexity index is 770. The summed E-state index contributed by atoms with van der Waals surface area (Å²) in [5.41, 5.74) is 3.95. The Morgan fingerprint density at radius 3 is 2.41 bits per heavy atom. The third kappa shape index (κ3) is 5.49. The minimum absolute atomic E-state index is 0.103. The van der Waals surface area contributed by atoms with Crippen molar-refractivity contribution in [1.29, 1.82) is 0 Å². The summed E-state index contributed by atoms with van der Waals surface area (Å²) in [6.07, 6.45) is 4.18. The van der Waals surface area contributed by atoms with Gasteiger partial charge in [0.05, 0.1) is 6.04 Å². The number of hydrogen-bond donors (Lipinski definition) is 1. The van der Waals surface area contributed by atoms with E-state index in [1.165, 1.54) is 29.5 Å². The number of amides is 1. The lowest BCUT2D eigenvalue weighted by atomic mass is 9.92. The van der Waals surface area contributed by atoms with Crippen molar-refractivity contribution in [3.05, 3.63) is 59.2 Å². The van der Waals surface area contributed by atoms with Gasteiger partial charge in [-0.15, -0.1) is 0 Å². The number of aryl methyl sites for hydroxylation is 3. The molecule has 1 amide bonds. The molecule has 0 bridgehead atoms. The van der Waals surface area contributed by atoms with Gasteiger partial charge in [0.25, 0.3) is 5.91 Å². The molecule has 0 heterocycles. The molecule has 0 saturated heterocycles. The Hall–Kier alpha value is -2.49. The Balaban J connectivity index is 1.47. The molecule has 0 aliphatic heterocycles. The van der Waals surface area contributed by atoms with Crippen LogP contribution in [0.2, 0.25) is 0 Å². The van der Waals surface area contributed by atoms with Gasteiger partial charge in [-0.05, 0) is 81.8 Å². The Labute approximate surface area is 161 Å².